The van der Waals surface area contributed by atoms with Crippen LogP contribution in [0.4, 0.5) is 0 Å². The summed E-state index contributed by atoms with van der Waals surface area (Å²) in [6.07, 6.45) is 4.23. The van der Waals surface area contributed by atoms with Crippen molar-refractivity contribution in [3.05, 3.63) is 30.3 Å². The van der Waals surface area contributed by atoms with Gasteiger partial charge in [0.2, 0.25) is 5.91 Å². The summed E-state index contributed by atoms with van der Waals surface area (Å²) in [4.78, 5) is 17.9. The molecule has 0 saturated carbocycles. The van der Waals surface area contributed by atoms with Gasteiger partial charge in [-0.2, -0.15) is 0 Å². The molecule has 0 spiro atoms. The predicted molar refractivity (Wildman–Crippen MR) is 87.6 cm³/mol. The molecule has 0 aromatic heterocycles. The van der Waals surface area contributed by atoms with E-state index in [-0.39, 0.29) is 0 Å². The summed E-state index contributed by atoms with van der Waals surface area (Å²) in [5.41, 5.74) is 0. The van der Waals surface area contributed by atoms with Crippen LogP contribution in [-0.4, -0.2) is 53.7 Å². The zero-order valence-electron chi connectivity index (χ0n) is 12.5. The molecule has 21 heavy (non-hydrogen) atoms. The van der Waals surface area contributed by atoms with Gasteiger partial charge in [0, 0.05) is 42.7 Å². The second-order valence-corrected chi connectivity index (χ2v) is 7.12. The van der Waals surface area contributed by atoms with E-state index in [1.807, 2.05) is 11.8 Å². The van der Waals surface area contributed by atoms with Gasteiger partial charge < -0.3 is 9.80 Å². The third kappa shape index (κ3) is 4.01. The van der Waals surface area contributed by atoms with Crippen LogP contribution in [0, 0.1) is 0 Å². The second kappa shape index (κ2) is 7.32. The van der Waals surface area contributed by atoms with Crippen LogP contribution < -0.4 is 0 Å². The summed E-state index contributed by atoms with van der Waals surface area (Å²) in [6.45, 7) is 4.36. The summed E-state index contributed by atoms with van der Waals surface area (Å²) >= 11 is 1.93. The van der Waals surface area contributed by atoms with E-state index < -0.39 is 0 Å². The van der Waals surface area contributed by atoms with Crippen molar-refractivity contribution in [1.82, 2.24) is 9.80 Å². The number of benzene rings is 1. The molecule has 3 rings (SSSR count). The van der Waals surface area contributed by atoms with Gasteiger partial charge in [-0.3, -0.25) is 4.79 Å². The van der Waals surface area contributed by atoms with Gasteiger partial charge in [0.05, 0.1) is 0 Å². The SMILES string of the molecule is O=C1CCCN1[C@H]1CCCN(CCSc2ccccc2)C1. The average molecular weight is 304 g/mol. The van der Waals surface area contributed by atoms with Gasteiger partial charge in [-0.25, -0.2) is 0 Å². The summed E-state index contributed by atoms with van der Waals surface area (Å²) in [7, 11) is 0. The zero-order valence-corrected chi connectivity index (χ0v) is 13.4. The van der Waals surface area contributed by atoms with Crippen molar-refractivity contribution in [2.45, 2.75) is 36.6 Å². The first-order valence-corrected chi connectivity index (χ1v) is 9.01. The van der Waals surface area contributed by atoms with Gasteiger partial charge in [-0.1, -0.05) is 18.2 Å². The van der Waals surface area contributed by atoms with Crippen LogP contribution in [0.1, 0.15) is 25.7 Å². The molecule has 0 radical (unpaired) electrons. The highest BCUT2D eigenvalue weighted by atomic mass is 32.2. The Bertz CT molecular complexity index is 465. The van der Waals surface area contributed by atoms with Gasteiger partial charge >= 0.3 is 0 Å². The van der Waals surface area contributed by atoms with Crippen molar-refractivity contribution in [3.8, 4) is 0 Å². The minimum absolute atomic E-state index is 0.375. The zero-order chi connectivity index (χ0) is 14.5. The number of carbonyl (C=O) groups excluding carboxylic acids is 1. The maximum Gasteiger partial charge on any atom is 0.222 e. The molecule has 1 amide bonds. The lowest BCUT2D eigenvalue weighted by molar-refractivity contribution is -0.130. The average Bonchev–Trinajstić information content (AvgIpc) is 2.95. The van der Waals surface area contributed by atoms with Crippen LogP contribution in [0.3, 0.4) is 0 Å². The van der Waals surface area contributed by atoms with E-state index in [1.54, 1.807) is 0 Å². The molecule has 0 bridgehead atoms. The highest BCUT2D eigenvalue weighted by Gasteiger charge is 2.30. The van der Waals surface area contributed by atoms with Crippen molar-refractivity contribution >= 4 is 17.7 Å². The van der Waals surface area contributed by atoms with Crippen molar-refractivity contribution in [2.24, 2.45) is 0 Å². The Morgan fingerprint density at radius 1 is 1.14 bits per heavy atom. The summed E-state index contributed by atoms with van der Waals surface area (Å²) in [6, 6.07) is 11.1. The number of piperidine rings is 1. The largest absolute Gasteiger partial charge is 0.338 e. The lowest BCUT2D eigenvalue weighted by Gasteiger charge is -2.37. The van der Waals surface area contributed by atoms with Crippen LogP contribution >= 0.6 is 11.8 Å². The van der Waals surface area contributed by atoms with Gasteiger partial charge in [0.15, 0.2) is 0 Å². The predicted octanol–water partition coefficient (Wildman–Crippen LogP) is 2.87. The molecule has 2 fully saturated rings. The molecule has 3 nitrogen and oxygen atoms in total. The maximum atomic E-state index is 11.9. The second-order valence-electron chi connectivity index (χ2n) is 5.95. The van der Waals surface area contributed by atoms with Gasteiger partial charge in [-0.15, -0.1) is 11.8 Å². The number of likely N-dealkylation sites (tertiary alicyclic amines) is 2. The fourth-order valence-electron chi connectivity index (χ4n) is 3.35. The molecule has 4 heteroatoms. The van der Waals surface area contributed by atoms with E-state index in [0.717, 1.165) is 38.2 Å². The van der Waals surface area contributed by atoms with E-state index in [2.05, 4.69) is 40.1 Å². The molecule has 1 aromatic carbocycles. The molecule has 2 aliphatic rings. The monoisotopic (exact) mass is 304 g/mol. The first-order chi connectivity index (χ1) is 10.3. The van der Waals surface area contributed by atoms with Crippen molar-refractivity contribution in [1.29, 1.82) is 0 Å². The summed E-state index contributed by atoms with van der Waals surface area (Å²) in [5.74, 6) is 1.51. The van der Waals surface area contributed by atoms with Crippen LogP contribution in [0.5, 0.6) is 0 Å². The Balaban J connectivity index is 1.44. The number of amides is 1. The van der Waals surface area contributed by atoms with Gasteiger partial charge in [0.25, 0.3) is 0 Å². The van der Waals surface area contributed by atoms with E-state index in [9.17, 15) is 4.79 Å². The Morgan fingerprint density at radius 3 is 2.76 bits per heavy atom. The Kier molecular flexibility index (Phi) is 5.20. The molecule has 0 N–H and O–H groups in total. The third-order valence-electron chi connectivity index (χ3n) is 4.45. The maximum absolute atomic E-state index is 11.9. The number of rotatable bonds is 5. The summed E-state index contributed by atoms with van der Waals surface area (Å²) < 4.78 is 0. The van der Waals surface area contributed by atoms with Crippen LogP contribution in [0.25, 0.3) is 0 Å². The fourth-order valence-corrected chi connectivity index (χ4v) is 4.29. The Hall–Kier alpha value is -1.00. The standard InChI is InChI=1S/C17H24N2OS/c20-17-9-5-11-19(17)15-6-4-10-18(14-15)12-13-21-16-7-2-1-3-8-16/h1-3,7-8,15H,4-6,9-14H2/t15-/m0/s1. The van der Waals surface area contributed by atoms with E-state index in [1.165, 1.54) is 24.3 Å². The smallest absolute Gasteiger partial charge is 0.222 e. The minimum atomic E-state index is 0.375. The lowest BCUT2D eigenvalue weighted by atomic mass is 10.0. The number of hydrogen-bond donors (Lipinski definition) is 0. The topological polar surface area (TPSA) is 23.6 Å². The molecule has 0 unspecified atom stereocenters. The Morgan fingerprint density at radius 2 is 2.00 bits per heavy atom. The molecule has 2 aliphatic heterocycles. The first-order valence-electron chi connectivity index (χ1n) is 8.02. The minimum Gasteiger partial charge on any atom is -0.338 e. The highest BCUT2D eigenvalue weighted by molar-refractivity contribution is 7.99. The first kappa shape index (κ1) is 14.9. The van der Waals surface area contributed by atoms with Gasteiger partial charge in [-0.05, 0) is 37.9 Å². The molecular formula is C17H24N2OS. The van der Waals surface area contributed by atoms with Crippen molar-refractivity contribution in [2.75, 3.05) is 31.9 Å². The quantitative estimate of drug-likeness (QED) is 0.782. The van der Waals surface area contributed by atoms with Crippen molar-refractivity contribution < 1.29 is 4.79 Å². The normalized spacial score (nSPS) is 23.7. The fraction of sp³-hybridized carbons (Fsp3) is 0.588. The number of thioether (sulfide) groups is 1. The summed E-state index contributed by atoms with van der Waals surface area (Å²) in [5, 5.41) is 0. The molecule has 114 valence electrons. The van der Waals surface area contributed by atoms with E-state index in [4.69, 9.17) is 0 Å². The molecule has 2 saturated heterocycles. The number of nitrogens with zero attached hydrogens (tertiary/aromatic N) is 2. The molecule has 2 heterocycles. The van der Waals surface area contributed by atoms with Crippen LogP contribution in [-0.2, 0) is 4.79 Å². The number of hydrogen-bond acceptors (Lipinski definition) is 3. The van der Waals surface area contributed by atoms with Crippen LogP contribution in [0.15, 0.2) is 35.2 Å². The molecular weight excluding hydrogens is 280 g/mol. The van der Waals surface area contributed by atoms with Crippen molar-refractivity contribution in [3.63, 3.8) is 0 Å². The third-order valence-corrected chi connectivity index (χ3v) is 5.44. The van der Waals surface area contributed by atoms with Crippen LogP contribution in [0.2, 0.25) is 0 Å². The van der Waals surface area contributed by atoms with E-state index in [0.29, 0.717) is 11.9 Å². The molecule has 1 atom stereocenters. The highest BCUT2D eigenvalue weighted by Crippen LogP contribution is 2.22. The number of carbonyl (C=O) groups is 1. The Labute approximate surface area is 131 Å². The van der Waals surface area contributed by atoms with Gasteiger partial charge in [0.1, 0.15) is 0 Å². The molecule has 1 aromatic rings. The lowest BCUT2D eigenvalue weighted by Crippen LogP contribution is -2.48. The molecule has 0 aliphatic carbocycles. The van der Waals surface area contributed by atoms with E-state index >= 15 is 0 Å².